The molecule has 2 heterocycles. The van der Waals surface area contributed by atoms with Gasteiger partial charge in [-0.15, -0.1) is 0 Å². The molecule has 0 spiro atoms. The fourth-order valence-corrected chi connectivity index (χ4v) is 4.39. The van der Waals surface area contributed by atoms with Gasteiger partial charge in [-0.25, -0.2) is 0 Å². The molecular weight excluding hydrogens is 402 g/mol. The van der Waals surface area contributed by atoms with Crippen LogP contribution >= 0.6 is 0 Å². The number of hydrogen-bond donors (Lipinski definition) is 1. The molecule has 1 unspecified atom stereocenters. The lowest BCUT2D eigenvalue weighted by atomic mass is 9.87. The summed E-state index contributed by atoms with van der Waals surface area (Å²) in [5.41, 5.74) is 3.36. The normalized spacial score (nSPS) is 19.4. The highest BCUT2D eigenvalue weighted by atomic mass is 16.5. The molecule has 2 aromatic rings. The van der Waals surface area contributed by atoms with E-state index in [0.717, 1.165) is 25.9 Å². The first kappa shape index (κ1) is 22.2. The molecule has 32 heavy (non-hydrogen) atoms. The Morgan fingerprint density at radius 2 is 1.72 bits per heavy atom. The highest BCUT2D eigenvalue weighted by Crippen LogP contribution is 2.33. The Bertz CT molecular complexity index is 973. The molecule has 170 valence electrons. The van der Waals surface area contributed by atoms with Crippen molar-refractivity contribution in [2.45, 2.75) is 58.1 Å². The Morgan fingerprint density at radius 1 is 1.06 bits per heavy atom. The van der Waals surface area contributed by atoms with E-state index in [2.05, 4.69) is 55.3 Å². The predicted molar refractivity (Wildman–Crippen MR) is 127 cm³/mol. The number of ether oxygens (including phenoxy) is 1. The molecule has 1 saturated heterocycles. The fraction of sp³-hybridized carbons (Fsp3) is 0.462. The van der Waals surface area contributed by atoms with Crippen LogP contribution in [0.2, 0.25) is 0 Å². The van der Waals surface area contributed by atoms with Crippen molar-refractivity contribution in [2.24, 2.45) is 0 Å². The zero-order chi connectivity index (χ0) is 22.9. The standard InChI is InChI=1S/C26H33N3O3/c1-18-25(31)29(22-7-5-6-8-23(22)32-18)17-24(30)27-20-13-15-28(16-14-20)21-11-9-19(10-12-21)26(2,3)4/h5-12,18,20H,13-17H2,1-4H3,(H,27,30). The van der Waals surface area contributed by atoms with Crippen molar-refractivity contribution in [3.05, 3.63) is 54.1 Å². The average Bonchev–Trinajstić information content (AvgIpc) is 2.77. The molecular formula is C26H33N3O3. The Labute approximate surface area is 190 Å². The van der Waals surface area contributed by atoms with Gasteiger partial charge in [0.1, 0.15) is 12.3 Å². The van der Waals surface area contributed by atoms with Gasteiger partial charge in [0.2, 0.25) is 5.91 Å². The van der Waals surface area contributed by atoms with Gasteiger partial charge in [-0.1, -0.05) is 45.0 Å². The first-order valence-corrected chi connectivity index (χ1v) is 11.4. The fourth-order valence-electron chi connectivity index (χ4n) is 4.39. The molecule has 1 N–H and O–H groups in total. The summed E-state index contributed by atoms with van der Waals surface area (Å²) in [4.78, 5) is 29.3. The Hall–Kier alpha value is -3.02. The van der Waals surface area contributed by atoms with E-state index in [9.17, 15) is 9.59 Å². The van der Waals surface area contributed by atoms with Crippen molar-refractivity contribution < 1.29 is 14.3 Å². The molecule has 2 aromatic carbocycles. The molecule has 0 radical (unpaired) electrons. The predicted octanol–water partition coefficient (Wildman–Crippen LogP) is 3.88. The van der Waals surface area contributed by atoms with E-state index in [0.29, 0.717) is 11.4 Å². The number of nitrogens with one attached hydrogen (secondary N) is 1. The molecule has 0 saturated carbocycles. The molecule has 0 aromatic heterocycles. The molecule has 6 heteroatoms. The van der Waals surface area contributed by atoms with Crippen LogP contribution < -0.4 is 19.9 Å². The maximum atomic E-state index is 12.8. The lowest BCUT2D eigenvalue weighted by Crippen LogP contribution is -2.51. The van der Waals surface area contributed by atoms with Crippen LogP contribution in [0, 0.1) is 0 Å². The van der Waals surface area contributed by atoms with Crippen LogP contribution in [0.15, 0.2) is 48.5 Å². The van der Waals surface area contributed by atoms with Crippen LogP contribution in [0.3, 0.4) is 0 Å². The first-order chi connectivity index (χ1) is 15.2. The van der Waals surface area contributed by atoms with Gasteiger partial charge >= 0.3 is 0 Å². The van der Waals surface area contributed by atoms with E-state index in [-0.39, 0.29) is 29.8 Å². The smallest absolute Gasteiger partial charge is 0.268 e. The van der Waals surface area contributed by atoms with E-state index in [1.54, 1.807) is 6.92 Å². The summed E-state index contributed by atoms with van der Waals surface area (Å²) in [6.07, 6.45) is 1.18. The lowest BCUT2D eigenvalue weighted by molar-refractivity contribution is -0.128. The maximum Gasteiger partial charge on any atom is 0.268 e. The number of fused-ring (bicyclic) bond motifs is 1. The van der Waals surface area contributed by atoms with Crippen molar-refractivity contribution in [1.82, 2.24) is 5.32 Å². The number of hydrogen-bond acceptors (Lipinski definition) is 4. The third-order valence-corrected chi connectivity index (χ3v) is 6.33. The largest absolute Gasteiger partial charge is 0.479 e. The van der Waals surface area contributed by atoms with E-state index in [1.807, 2.05) is 24.3 Å². The van der Waals surface area contributed by atoms with E-state index >= 15 is 0 Å². The summed E-state index contributed by atoms with van der Waals surface area (Å²) in [5, 5.41) is 3.13. The highest BCUT2D eigenvalue weighted by molar-refractivity contribution is 6.03. The minimum Gasteiger partial charge on any atom is -0.479 e. The topological polar surface area (TPSA) is 61.9 Å². The summed E-state index contributed by atoms with van der Waals surface area (Å²) in [7, 11) is 0. The number of carbonyl (C=O) groups is 2. The molecule has 2 aliphatic heterocycles. The quantitative estimate of drug-likeness (QED) is 0.792. The highest BCUT2D eigenvalue weighted by Gasteiger charge is 2.33. The van der Waals surface area contributed by atoms with Gasteiger partial charge in [0.25, 0.3) is 5.91 Å². The van der Waals surface area contributed by atoms with Gasteiger partial charge in [0.15, 0.2) is 6.10 Å². The number of para-hydroxylation sites is 2. The number of nitrogens with zero attached hydrogens (tertiary/aromatic N) is 2. The third-order valence-electron chi connectivity index (χ3n) is 6.33. The van der Waals surface area contributed by atoms with Gasteiger partial charge in [-0.3, -0.25) is 14.5 Å². The summed E-state index contributed by atoms with van der Waals surface area (Å²) in [5.74, 6) is 0.320. The van der Waals surface area contributed by atoms with Crippen molar-refractivity contribution in [2.75, 3.05) is 29.4 Å². The van der Waals surface area contributed by atoms with E-state index < -0.39 is 6.10 Å². The summed E-state index contributed by atoms with van der Waals surface area (Å²) in [6.45, 7) is 10.2. The van der Waals surface area contributed by atoms with Crippen molar-refractivity contribution in [3.8, 4) is 5.75 Å². The first-order valence-electron chi connectivity index (χ1n) is 11.4. The van der Waals surface area contributed by atoms with Gasteiger partial charge in [-0.05, 0) is 55.0 Å². The van der Waals surface area contributed by atoms with Crippen LogP contribution in [-0.2, 0) is 15.0 Å². The zero-order valence-electron chi connectivity index (χ0n) is 19.4. The molecule has 6 nitrogen and oxygen atoms in total. The van der Waals surface area contributed by atoms with Gasteiger partial charge in [0.05, 0.1) is 5.69 Å². The molecule has 1 atom stereocenters. The number of amides is 2. The molecule has 4 rings (SSSR count). The van der Waals surface area contributed by atoms with Crippen LogP contribution in [0.1, 0.15) is 46.1 Å². The van der Waals surface area contributed by atoms with Crippen molar-refractivity contribution in [3.63, 3.8) is 0 Å². The molecule has 2 aliphatic rings. The number of benzene rings is 2. The van der Waals surface area contributed by atoms with Gasteiger partial charge < -0.3 is 15.0 Å². The molecule has 2 amide bonds. The van der Waals surface area contributed by atoms with Gasteiger partial charge in [-0.2, -0.15) is 0 Å². The number of piperidine rings is 1. The lowest BCUT2D eigenvalue weighted by Gasteiger charge is -2.35. The SMILES string of the molecule is CC1Oc2ccccc2N(CC(=O)NC2CCN(c3ccc(C(C)(C)C)cc3)CC2)C1=O. The monoisotopic (exact) mass is 435 g/mol. The van der Waals surface area contributed by atoms with Crippen LogP contribution in [0.25, 0.3) is 0 Å². The Kier molecular flexibility index (Phi) is 6.13. The van der Waals surface area contributed by atoms with Crippen LogP contribution in [-0.4, -0.2) is 43.6 Å². The second kappa shape index (κ2) is 8.85. The molecule has 0 bridgehead atoms. The van der Waals surface area contributed by atoms with Crippen LogP contribution in [0.4, 0.5) is 11.4 Å². The van der Waals surface area contributed by atoms with Crippen molar-refractivity contribution >= 4 is 23.2 Å². The molecule has 0 aliphatic carbocycles. The zero-order valence-corrected chi connectivity index (χ0v) is 19.4. The Morgan fingerprint density at radius 3 is 2.38 bits per heavy atom. The second-order valence-electron chi connectivity index (χ2n) is 9.78. The summed E-state index contributed by atoms with van der Waals surface area (Å²) in [6, 6.07) is 16.3. The third kappa shape index (κ3) is 4.74. The summed E-state index contributed by atoms with van der Waals surface area (Å²) >= 11 is 0. The van der Waals surface area contributed by atoms with Gasteiger partial charge in [0, 0.05) is 24.8 Å². The average molecular weight is 436 g/mol. The van der Waals surface area contributed by atoms with Crippen molar-refractivity contribution in [1.29, 1.82) is 0 Å². The van der Waals surface area contributed by atoms with E-state index in [4.69, 9.17) is 4.74 Å². The minimum atomic E-state index is -0.592. The summed E-state index contributed by atoms with van der Waals surface area (Å²) < 4.78 is 5.66. The Balaban J connectivity index is 1.32. The minimum absolute atomic E-state index is 0.0119. The van der Waals surface area contributed by atoms with Crippen LogP contribution in [0.5, 0.6) is 5.75 Å². The number of carbonyl (C=O) groups excluding carboxylic acids is 2. The van der Waals surface area contributed by atoms with E-state index in [1.165, 1.54) is 16.2 Å². The second-order valence-corrected chi connectivity index (χ2v) is 9.78. The molecule has 1 fully saturated rings. The number of rotatable bonds is 4. The maximum absolute atomic E-state index is 12.8. The number of anilines is 2.